The second-order valence-electron chi connectivity index (χ2n) is 2.74. The Morgan fingerprint density at radius 1 is 1.77 bits per heavy atom. The highest BCUT2D eigenvalue weighted by Gasteiger charge is 1.97. The van der Waals surface area contributed by atoms with Crippen molar-refractivity contribution in [1.29, 1.82) is 0 Å². The number of hydrogen-bond donors (Lipinski definition) is 2. The highest BCUT2D eigenvalue weighted by atomic mass is 32.1. The van der Waals surface area contributed by atoms with Crippen LogP contribution in [0.2, 0.25) is 0 Å². The van der Waals surface area contributed by atoms with Crippen molar-refractivity contribution in [3.8, 4) is 0 Å². The molecular formula is C8H13N3OS. The molecule has 1 aromatic rings. The number of carbonyl (C=O) groups excluding carboxylic acids is 1. The number of carbonyl (C=O) groups is 1. The summed E-state index contributed by atoms with van der Waals surface area (Å²) in [5, 5.41) is 4.18. The number of hydrogen-bond acceptors (Lipinski definition) is 4. The van der Waals surface area contributed by atoms with Gasteiger partial charge in [-0.15, -0.1) is 11.3 Å². The van der Waals surface area contributed by atoms with Gasteiger partial charge in [-0.05, 0) is 6.92 Å². The zero-order valence-corrected chi connectivity index (χ0v) is 8.36. The lowest BCUT2D eigenvalue weighted by molar-refractivity contribution is -0.117. The molecule has 5 heteroatoms. The third kappa shape index (κ3) is 4.00. The fourth-order valence-electron chi connectivity index (χ4n) is 0.910. The molecule has 0 fully saturated rings. The van der Waals surface area contributed by atoms with E-state index in [1.165, 1.54) is 4.88 Å². The van der Waals surface area contributed by atoms with Gasteiger partial charge in [-0.3, -0.25) is 4.79 Å². The van der Waals surface area contributed by atoms with Crippen LogP contribution in [-0.2, 0) is 11.3 Å². The van der Waals surface area contributed by atoms with Gasteiger partial charge >= 0.3 is 0 Å². The molecule has 1 rings (SSSR count). The standard InChI is InChI=1S/C8H13N3OS/c1-6-11-5-7(13-6)4-10-3-2-8(9)12/h5,10H,2-4H2,1H3,(H2,9,12). The molecule has 0 aliphatic rings. The smallest absolute Gasteiger partial charge is 0.218 e. The molecule has 1 aromatic heterocycles. The fourth-order valence-corrected chi connectivity index (χ4v) is 1.67. The molecule has 1 amide bonds. The Labute approximate surface area is 81.2 Å². The second kappa shape index (κ2) is 4.94. The summed E-state index contributed by atoms with van der Waals surface area (Å²) in [6.45, 7) is 3.36. The van der Waals surface area contributed by atoms with Gasteiger partial charge in [0.25, 0.3) is 0 Å². The number of nitrogens with one attached hydrogen (secondary N) is 1. The van der Waals surface area contributed by atoms with Gasteiger partial charge in [-0.25, -0.2) is 4.98 Å². The normalized spacial score (nSPS) is 10.2. The number of nitrogens with two attached hydrogens (primary N) is 1. The molecular weight excluding hydrogens is 186 g/mol. The molecule has 3 N–H and O–H groups in total. The summed E-state index contributed by atoms with van der Waals surface area (Å²) >= 11 is 1.66. The van der Waals surface area contributed by atoms with Crippen LogP contribution in [-0.4, -0.2) is 17.4 Å². The number of nitrogens with zero attached hydrogens (tertiary/aromatic N) is 1. The van der Waals surface area contributed by atoms with Crippen molar-refractivity contribution < 1.29 is 4.79 Å². The molecule has 0 atom stereocenters. The summed E-state index contributed by atoms with van der Waals surface area (Å²) in [6.07, 6.45) is 2.23. The van der Waals surface area contributed by atoms with E-state index in [0.717, 1.165) is 11.6 Å². The van der Waals surface area contributed by atoms with Crippen LogP contribution >= 0.6 is 11.3 Å². The van der Waals surface area contributed by atoms with Crippen molar-refractivity contribution >= 4 is 17.2 Å². The van der Waals surface area contributed by atoms with Gasteiger partial charge in [-0.2, -0.15) is 0 Å². The first-order valence-electron chi connectivity index (χ1n) is 4.09. The van der Waals surface area contributed by atoms with Gasteiger partial charge < -0.3 is 11.1 Å². The number of aryl methyl sites for hydroxylation is 1. The van der Waals surface area contributed by atoms with Gasteiger partial charge in [0.1, 0.15) is 0 Å². The second-order valence-corrected chi connectivity index (χ2v) is 4.06. The van der Waals surface area contributed by atoms with Crippen LogP contribution in [0.25, 0.3) is 0 Å². The van der Waals surface area contributed by atoms with E-state index in [1.807, 2.05) is 13.1 Å². The molecule has 0 aliphatic carbocycles. The van der Waals surface area contributed by atoms with Gasteiger partial charge in [-0.1, -0.05) is 0 Å². The molecule has 0 radical (unpaired) electrons. The molecule has 0 aliphatic heterocycles. The minimum absolute atomic E-state index is 0.270. The number of aromatic nitrogens is 1. The minimum Gasteiger partial charge on any atom is -0.370 e. The van der Waals surface area contributed by atoms with E-state index in [2.05, 4.69) is 10.3 Å². The highest BCUT2D eigenvalue weighted by Crippen LogP contribution is 2.10. The Morgan fingerprint density at radius 2 is 2.54 bits per heavy atom. The Hall–Kier alpha value is -0.940. The van der Waals surface area contributed by atoms with Gasteiger partial charge in [0.15, 0.2) is 0 Å². The van der Waals surface area contributed by atoms with E-state index >= 15 is 0 Å². The lowest BCUT2D eigenvalue weighted by atomic mass is 10.4. The first kappa shape index (κ1) is 10.1. The Morgan fingerprint density at radius 3 is 3.08 bits per heavy atom. The zero-order chi connectivity index (χ0) is 9.68. The molecule has 0 unspecified atom stereocenters. The largest absolute Gasteiger partial charge is 0.370 e. The molecule has 4 nitrogen and oxygen atoms in total. The number of amides is 1. The van der Waals surface area contributed by atoms with Crippen molar-refractivity contribution in [3.63, 3.8) is 0 Å². The van der Waals surface area contributed by atoms with E-state index < -0.39 is 0 Å². The molecule has 72 valence electrons. The van der Waals surface area contributed by atoms with E-state index in [9.17, 15) is 4.79 Å². The van der Waals surface area contributed by atoms with Crippen LogP contribution < -0.4 is 11.1 Å². The van der Waals surface area contributed by atoms with Gasteiger partial charge in [0.2, 0.25) is 5.91 Å². The summed E-state index contributed by atoms with van der Waals surface area (Å²) < 4.78 is 0. The first-order valence-corrected chi connectivity index (χ1v) is 4.90. The fraction of sp³-hybridized carbons (Fsp3) is 0.500. The minimum atomic E-state index is -0.270. The highest BCUT2D eigenvalue weighted by molar-refractivity contribution is 7.11. The summed E-state index contributed by atoms with van der Waals surface area (Å²) in [5.41, 5.74) is 4.99. The van der Waals surface area contributed by atoms with E-state index in [4.69, 9.17) is 5.73 Å². The monoisotopic (exact) mass is 199 g/mol. The maximum absolute atomic E-state index is 10.4. The van der Waals surface area contributed by atoms with E-state index in [0.29, 0.717) is 13.0 Å². The summed E-state index contributed by atoms with van der Waals surface area (Å²) in [7, 11) is 0. The van der Waals surface area contributed by atoms with E-state index in [1.54, 1.807) is 11.3 Å². The zero-order valence-electron chi connectivity index (χ0n) is 7.54. The van der Waals surface area contributed by atoms with Crippen LogP contribution in [0.4, 0.5) is 0 Å². The van der Waals surface area contributed by atoms with Crippen molar-refractivity contribution in [1.82, 2.24) is 10.3 Å². The lowest BCUT2D eigenvalue weighted by Gasteiger charge is -1.98. The topological polar surface area (TPSA) is 68.0 Å². The summed E-state index contributed by atoms with van der Waals surface area (Å²) in [4.78, 5) is 15.7. The van der Waals surface area contributed by atoms with Gasteiger partial charge in [0.05, 0.1) is 5.01 Å². The van der Waals surface area contributed by atoms with Crippen LogP contribution in [0.1, 0.15) is 16.3 Å². The molecule has 0 spiro atoms. The predicted octanol–water partition coefficient (Wildman–Crippen LogP) is 0.417. The van der Waals surface area contributed by atoms with Crippen LogP contribution in [0.3, 0.4) is 0 Å². The lowest BCUT2D eigenvalue weighted by Crippen LogP contribution is -2.21. The number of rotatable bonds is 5. The average Bonchev–Trinajstić information content (AvgIpc) is 2.45. The maximum Gasteiger partial charge on any atom is 0.218 e. The quantitative estimate of drug-likeness (QED) is 0.675. The molecule has 0 aromatic carbocycles. The van der Waals surface area contributed by atoms with Crippen LogP contribution in [0.5, 0.6) is 0 Å². The molecule has 0 saturated carbocycles. The predicted molar refractivity (Wildman–Crippen MR) is 52.4 cm³/mol. The average molecular weight is 199 g/mol. The molecule has 1 heterocycles. The molecule has 0 saturated heterocycles. The Bertz CT molecular complexity index is 285. The third-order valence-electron chi connectivity index (χ3n) is 1.52. The number of thiazole rings is 1. The van der Waals surface area contributed by atoms with Crippen molar-refractivity contribution in [2.24, 2.45) is 5.73 Å². The Kier molecular flexibility index (Phi) is 3.85. The first-order chi connectivity index (χ1) is 6.18. The number of primary amides is 1. The molecule has 13 heavy (non-hydrogen) atoms. The van der Waals surface area contributed by atoms with Crippen molar-refractivity contribution in [3.05, 3.63) is 16.1 Å². The summed E-state index contributed by atoms with van der Waals surface area (Å²) in [6, 6.07) is 0. The molecule has 0 bridgehead atoms. The van der Waals surface area contributed by atoms with E-state index in [-0.39, 0.29) is 5.91 Å². The third-order valence-corrected chi connectivity index (χ3v) is 2.43. The summed E-state index contributed by atoms with van der Waals surface area (Å²) in [5.74, 6) is -0.270. The van der Waals surface area contributed by atoms with Gasteiger partial charge in [0, 0.05) is 30.6 Å². The van der Waals surface area contributed by atoms with Crippen molar-refractivity contribution in [2.75, 3.05) is 6.54 Å². The Balaban J connectivity index is 2.16. The van der Waals surface area contributed by atoms with Crippen molar-refractivity contribution in [2.45, 2.75) is 19.9 Å². The maximum atomic E-state index is 10.4. The van der Waals surface area contributed by atoms with Crippen LogP contribution in [0, 0.1) is 6.92 Å². The van der Waals surface area contributed by atoms with Crippen LogP contribution in [0.15, 0.2) is 6.20 Å². The SMILES string of the molecule is Cc1ncc(CNCCC(N)=O)s1.